The predicted molar refractivity (Wildman–Crippen MR) is 56.3 cm³/mol. The molecule has 1 fully saturated rings. The van der Waals surface area contributed by atoms with Crippen LogP contribution in [0.1, 0.15) is 13.3 Å². The van der Waals surface area contributed by atoms with E-state index in [4.69, 9.17) is 4.74 Å². The first-order chi connectivity index (χ1) is 6.71. The van der Waals surface area contributed by atoms with Crippen molar-refractivity contribution in [1.82, 2.24) is 0 Å². The van der Waals surface area contributed by atoms with Crippen molar-refractivity contribution in [1.29, 1.82) is 0 Å². The van der Waals surface area contributed by atoms with E-state index >= 15 is 0 Å². The fraction of sp³-hybridized carbons (Fsp3) is 0.364. The molecular weight excluding hydrogens is 196 g/mol. The van der Waals surface area contributed by atoms with E-state index in [-0.39, 0.29) is 10.7 Å². The molecule has 1 heterocycles. The van der Waals surface area contributed by atoms with Crippen LogP contribution in [0.25, 0.3) is 0 Å². The van der Waals surface area contributed by atoms with Gasteiger partial charge in [0, 0.05) is 11.3 Å². The molecule has 0 aliphatic carbocycles. The van der Waals surface area contributed by atoms with Gasteiger partial charge in [-0.1, -0.05) is 18.2 Å². The first kappa shape index (κ1) is 9.59. The summed E-state index contributed by atoms with van der Waals surface area (Å²) in [5.41, 5.74) is 0. The average Bonchev–Trinajstić information content (AvgIpc) is 2.48. The smallest absolute Gasteiger partial charge is 0.322 e. The number of hydrogen-bond acceptors (Lipinski definition) is 3. The summed E-state index contributed by atoms with van der Waals surface area (Å²) in [7, 11) is 0. The Kier molecular flexibility index (Phi) is 2.50. The van der Waals surface area contributed by atoms with Gasteiger partial charge in [0.2, 0.25) is 0 Å². The standard InChI is InChI=1S/C11H12O2S/c1-11(7-8-13-10(11)12)14-9-5-3-2-4-6-9/h2-6H,7-8H2,1H3. The molecule has 0 N–H and O–H groups in total. The molecule has 0 aromatic heterocycles. The maximum Gasteiger partial charge on any atom is 0.322 e. The summed E-state index contributed by atoms with van der Waals surface area (Å²) < 4.78 is 4.59. The van der Waals surface area contributed by atoms with Crippen molar-refractivity contribution in [3.05, 3.63) is 30.3 Å². The fourth-order valence-electron chi connectivity index (χ4n) is 1.43. The minimum absolute atomic E-state index is 0.0913. The normalized spacial score (nSPS) is 26.2. The van der Waals surface area contributed by atoms with Gasteiger partial charge in [-0.25, -0.2) is 0 Å². The number of esters is 1. The van der Waals surface area contributed by atoms with Crippen LogP contribution >= 0.6 is 11.8 Å². The van der Waals surface area contributed by atoms with E-state index in [0.717, 1.165) is 11.3 Å². The molecule has 1 aliphatic heterocycles. The van der Waals surface area contributed by atoms with Crippen LogP contribution in [0.3, 0.4) is 0 Å². The van der Waals surface area contributed by atoms with Crippen LogP contribution in [-0.4, -0.2) is 17.3 Å². The van der Waals surface area contributed by atoms with E-state index < -0.39 is 0 Å². The summed E-state index contributed by atoms with van der Waals surface area (Å²) in [4.78, 5) is 12.6. The zero-order valence-corrected chi connectivity index (χ0v) is 8.84. The van der Waals surface area contributed by atoms with Gasteiger partial charge in [-0.05, 0) is 19.1 Å². The Labute approximate surface area is 87.6 Å². The van der Waals surface area contributed by atoms with Gasteiger partial charge in [0.25, 0.3) is 0 Å². The molecule has 1 aromatic carbocycles. The molecule has 2 nitrogen and oxygen atoms in total. The van der Waals surface area contributed by atoms with Crippen molar-refractivity contribution in [2.24, 2.45) is 0 Å². The lowest BCUT2D eigenvalue weighted by Crippen LogP contribution is -2.25. The highest BCUT2D eigenvalue weighted by atomic mass is 32.2. The molecular formula is C11H12O2S. The van der Waals surface area contributed by atoms with Gasteiger partial charge in [-0.3, -0.25) is 4.79 Å². The Morgan fingerprint density at radius 3 is 2.64 bits per heavy atom. The summed E-state index contributed by atoms with van der Waals surface area (Å²) in [6.07, 6.45) is 0.797. The molecule has 74 valence electrons. The third-order valence-electron chi connectivity index (χ3n) is 2.33. The van der Waals surface area contributed by atoms with Crippen LogP contribution in [-0.2, 0) is 9.53 Å². The Morgan fingerprint density at radius 2 is 2.07 bits per heavy atom. The van der Waals surface area contributed by atoms with Crippen LogP contribution in [0.5, 0.6) is 0 Å². The van der Waals surface area contributed by atoms with Crippen molar-refractivity contribution < 1.29 is 9.53 Å². The average molecular weight is 208 g/mol. The first-order valence-electron chi connectivity index (χ1n) is 4.62. The summed E-state index contributed by atoms with van der Waals surface area (Å²) in [6.45, 7) is 2.50. The molecule has 3 heteroatoms. The van der Waals surface area contributed by atoms with E-state index in [0.29, 0.717) is 6.61 Å². The molecule has 1 atom stereocenters. The van der Waals surface area contributed by atoms with Gasteiger partial charge >= 0.3 is 5.97 Å². The monoisotopic (exact) mass is 208 g/mol. The van der Waals surface area contributed by atoms with Crippen LogP contribution in [0, 0.1) is 0 Å². The summed E-state index contributed by atoms with van der Waals surface area (Å²) >= 11 is 1.59. The number of carbonyl (C=O) groups is 1. The zero-order valence-electron chi connectivity index (χ0n) is 8.03. The van der Waals surface area contributed by atoms with Crippen LogP contribution < -0.4 is 0 Å². The molecule has 0 radical (unpaired) electrons. The van der Waals surface area contributed by atoms with E-state index in [1.54, 1.807) is 11.8 Å². The third-order valence-corrected chi connectivity index (χ3v) is 3.66. The fourth-order valence-corrected chi connectivity index (χ4v) is 2.58. The lowest BCUT2D eigenvalue weighted by Gasteiger charge is -2.17. The van der Waals surface area contributed by atoms with Crippen molar-refractivity contribution >= 4 is 17.7 Å². The van der Waals surface area contributed by atoms with Gasteiger partial charge in [-0.15, -0.1) is 11.8 Å². The Hall–Kier alpha value is -0.960. The van der Waals surface area contributed by atoms with Gasteiger partial charge in [0.1, 0.15) is 4.75 Å². The van der Waals surface area contributed by atoms with Crippen molar-refractivity contribution in [2.75, 3.05) is 6.61 Å². The van der Waals surface area contributed by atoms with Crippen molar-refractivity contribution in [3.8, 4) is 0 Å². The second-order valence-electron chi connectivity index (χ2n) is 3.53. The summed E-state index contributed by atoms with van der Waals surface area (Å²) in [5.74, 6) is -0.0913. The minimum Gasteiger partial charge on any atom is -0.465 e. The quantitative estimate of drug-likeness (QED) is 0.698. The molecule has 1 saturated heterocycles. The van der Waals surface area contributed by atoms with Gasteiger partial charge in [0.15, 0.2) is 0 Å². The zero-order chi connectivity index (χ0) is 10.0. The van der Waals surface area contributed by atoms with E-state index in [1.165, 1.54) is 0 Å². The van der Waals surface area contributed by atoms with Crippen LogP contribution in [0.2, 0.25) is 0 Å². The molecule has 1 aliphatic rings. The molecule has 0 spiro atoms. The van der Waals surface area contributed by atoms with E-state index in [2.05, 4.69) is 0 Å². The number of ether oxygens (including phenoxy) is 1. The SMILES string of the molecule is CC1(Sc2ccccc2)CCOC1=O. The minimum atomic E-state index is -0.388. The predicted octanol–water partition coefficient (Wildman–Crippen LogP) is 2.48. The van der Waals surface area contributed by atoms with Gasteiger partial charge in [-0.2, -0.15) is 0 Å². The lowest BCUT2D eigenvalue weighted by atomic mass is 10.1. The third kappa shape index (κ3) is 1.77. The molecule has 14 heavy (non-hydrogen) atoms. The second-order valence-corrected chi connectivity index (χ2v) is 5.11. The topological polar surface area (TPSA) is 26.3 Å². The molecule has 0 saturated carbocycles. The largest absolute Gasteiger partial charge is 0.465 e. The Morgan fingerprint density at radius 1 is 1.36 bits per heavy atom. The lowest BCUT2D eigenvalue weighted by molar-refractivity contribution is -0.139. The number of benzene rings is 1. The maximum atomic E-state index is 11.5. The summed E-state index contributed by atoms with van der Waals surface area (Å²) in [6, 6.07) is 9.96. The van der Waals surface area contributed by atoms with Gasteiger partial charge < -0.3 is 4.74 Å². The summed E-state index contributed by atoms with van der Waals surface area (Å²) in [5, 5.41) is 0. The number of thioether (sulfide) groups is 1. The number of hydrogen-bond donors (Lipinski definition) is 0. The first-order valence-corrected chi connectivity index (χ1v) is 5.44. The number of carbonyl (C=O) groups excluding carboxylic acids is 1. The van der Waals surface area contributed by atoms with Crippen LogP contribution in [0.15, 0.2) is 35.2 Å². The van der Waals surface area contributed by atoms with Crippen molar-refractivity contribution in [3.63, 3.8) is 0 Å². The highest BCUT2D eigenvalue weighted by molar-refractivity contribution is 8.01. The molecule has 2 rings (SSSR count). The maximum absolute atomic E-state index is 11.5. The molecule has 0 bridgehead atoms. The van der Waals surface area contributed by atoms with Gasteiger partial charge in [0.05, 0.1) is 6.61 Å². The second kappa shape index (κ2) is 3.65. The number of cyclic esters (lactones) is 1. The van der Waals surface area contributed by atoms with E-state index in [9.17, 15) is 4.79 Å². The molecule has 1 aromatic rings. The molecule has 0 amide bonds. The molecule has 1 unspecified atom stereocenters. The van der Waals surface area contributed by atoms with Crippen LogP contribution in [0.4, 0.5) is 0 Å². The highest BCUT2D eigenvalue weighted by Gasteiger charge is 2.40. The Bertz CT molecular complexity index is 336. The highest BCUT2D eigenvalue weighted by Crippen LogP contribution is 2.39. The number of rotatable bonds is 2. The Balaban J connectivity index is 2.14. The van der Waals surface area contributed by atoms with Crippen molar-refractivity contribution in [2.45, 2.75) is 23.0 Å². The van der Waals surface area contributed by atoms with E-state index in [1.807, 2.05) is 37.3 Å².